The molecule has 2 aromatic carbocycles. The van der Waals surface area contributed by atoms with E-state index in [1.165, 1.54) is 19.1 Å². The number of nitrogens with one attached hydrogen (secondary N) is 4. The number of hydrogen-bond donors (Lipinski definition) is 4. The van der Waals surface area contributed by atoms with E-state index < -0.39 is 36.5 Å². The van der Waals surface area contributed by atoms with Crippen molar-refractivity contribution in [1.29, 1.82) is 0 Å². The number of amides is 4. The lowest BCUT2D eigenvalue weighted by Gasteiger charge is -2.30. The molecule has 59 heavy (non-hydrogen) atoms. The zero-order valence-electron chi connectivity index (χ0n) is 34.4. The van der Waals surface area contributed by atoms with Crippen LogP contribution in [0.3, 0.4) is 0 Å². The molecule has 3 aliphatic rings. The van der Waals surface area contributed by atoms with E-state index in [0.717, 1.165) is 65.7 Å². The number of ether oxygens (including phenoxy) is 2. The average molecular weight is 809 g/mol. The quantitative estimate of drug-likeness (QED) is 0.138. The molecule has 0 radical (unpaired) electrons. The van der Waals surface area contributed by atoms with Crippen LogP contribution in [0.5, 0.6) is 0 Å². The maximum absolute atomic E-state index is 14.8. The molecule has 0 bridgehead atoms. The molecule has 7 rings (SSSR count). The number of benzene rings is 2. The predicted molar refractivity (Wildman–Crippen MR) is 218 cm³/mol. The van der Waals surface area contributed by atoms with Gasteiger partial charge in [0.05, 0.1) is 55.8 Å². The second kappa shape index (κ2) is 17.1. The van der Waals surface area contributed by atoms with Crippen LogP contribution in [-0.4, -0.2) is 99.3 Å². The molecule has 15 heteroatoms. The minimum Gasteiger partial charge on any atom is -0.453 e. The Labute approximate surface area is 343 Å². The normalized spacial score (nSPS) is 20.8. The molecule has 2 saturated heterocycles. The SMILES string of the molecule is COC(=O)N[C@H](C(=O)N1C[C@H](F)C[C@H]1c1ncc(-c2ccc(C#Cc3ccc4nc([C@@H]5CC6(CCCC6)CN5C(=O)[C@@H](NC(=O)OC)C(C)C)[nH]c4c3)cc2)[nH]1)C(C)C. The molecule has 5 atom stereocenters. The first-order chi connectivity index (χ1) is 28.3. The number of alkyl halides is 1. The summed E-state index contributed by atoms with van der Waals surface area (Å²) in [4.78, 5) is 71.4. The summed E-state index contributed by atoms with van der Waals surface area (Å²) in [6, 6.07) is 11.0. The summed E-state index contributed by atoms with van der Waals surface area (Å²) in [6.45, 7) is 7.99. The molecule has 4 heterocycles. The monoisotopic (exact) mass is 808 g/mol. The molecule has 0 unspecified atom stereocenters. The Morgan fingerprint density at radius 1 is 0.831 bits per heavy atom. The Morgan fingerprint density at radius 2 is 1.44 bits per heavy atom. The molecule has 1 spiro atoms. The lowest BCUT2D eigenvalue weighted by molar-refractivity contribution is -0.136. The van der Waals surface area contributed by atoms with Gasteiger partial charge < -0.3 is 39.9 Å². The fraction of sp³-hybridized carbons (Fsp3) is 0.500. The molecule has 4 aromatic rings. The van der Waals surface area contributed by atoms with Crippen molar-refractivity contribution in [2.45, 2.75) is 96.6 Å². The van der Waals surface area contributed by atoms with E-state index in [9.17, 15) is 23.6 Å². The fourth-order valence-corrected chi connectivity index (χ4v) is 8.86. The molecule has 14 nitrogen and oxygen atoms in total. The number of H-pyrrole nitrogens is 2. The van der Waals surface area contributed by atoms with Crippen molar-refractivity contribution in [2.75, 3.05) is 27.3 Å². The number of aromatic amines is 2. The molecule has 4 amide bonds. The van der Waals surface area contributed by atoms with Crippen molar-refractivity contribution >= 4 is 35.0 Å². The van der Waals surface area contributed by atoms with Crippen LogP contribution in [0.15, 0.2) is 48.7 Å². The van der Waals surface area contributed by atoms with Gasteiger partial charge in [0.1, 0.15) is 29.9 Å². The van der Waals surface area contributed by atoms with Gasteiger partial charge in [0.25, 0.3) is 0 Å². The summed E-state index contributed by atoms with van der Waals surface area (Å²) < 4.78 is 24.3. The molecule has 3 fully saturated rings. The predicted octanol–water partition coefficient (Wildman–Crippen LogP) is 6.56. The first-order valence-electron chi connectivity index (χ1n) is 20.4. The minimum absolute atomic E-state index is 0.0392. The van der Waals surface area contributed by atoms with E-state index in [0.29, 0.717) is 18.1 Å². The third-order valence-electron chi connectivity index (χ3n) is 12.0. The average Bonchev–Trinajstić information content (AvgIpc) is 4.08. The molecular formula is C44H53FN8O6. The third-order valence-corrected chi connectivity index (χ3v) is 12.0. The topological polar surface area (TPSA) is 175 Å². The number of nitrogens with zero attached hydrogens (tertiary/aromatic N) is 4. The number of methoxy groups -OCH3 is 2. The lowest BCUT2D eigenvalue weighted by atomic mass is 9.84. The highest BCUT2D eigenvalue weighted by atomic mass is 19.1. The number of hydrogen-bond acceptors (Lipinski definition) is 8. The number of fused-ring (bicyclic) bond motifs is 1. The van der Waals surface area contributed by atoms with Gasteiger partial charge in [0.15, 0.2) is 0 Å². The number of alkyl carbamates (subject to hydrolysis) is 2. The van der Waals surface area contributed by atoms with Gasteiger partial charge in [-0.15, -0.1) is 0 Å². The van der Waals surface area contributed by atoms with Crippen LogP contribution in [-0.2, 0) is 19.1 Å². The van der Waals surface area contributed by atoms with Crippen LogP contribution in [0.2, 0.25) is 0 Å². The number of imidazole rings is 2. The van der Waals surface area contributed by atoms with Gasteiger partial charge in [-0.05, 0) is 72.4 Å². The second-order valence-electron chi connectivity index (χ2n) is 16.8. The Bertz CT molecular complexity index is 2250. The Hall–Kier alpha value is -5.91. The first-order valence-corrected chi connectivity index (χ1v) is 20.4. The molecule has 4 N–H and O–H groups in total. The van der Waals surface area contributed by atoms with E-state index in [2.05, 4.69) is 37.4 Å². The van der Waals surface area contributed by atoms with Crippen molar-refractivity contribution < 1.29 is 33.0 Å². The van der Waals surface area contributed by atoms with Gasteiger partial charge in [-0.3, -0.25) is 9.59 Å². The van der Waals surface area contributed by atoms with E-state index >= 15 is 0 Å². The third kappa shape index (κ3) is 8.77. The van der Waals surface area contributed by atoms with Gasteiger partial charge in [0.2, 0.25) is 11.8 Å². The highest BCUT2D eigenvalue weighted by Crippen LogP contribution is 2.52. The highest BCUT2D eigenvalue weighted by Gasteiger charge is 2.50. The summed E-state index contributed by atoms with van der Waals surface area (Å²) in [5, 5.41) is 5.34. The highest BCUT2D eigenvalue weighted by molar-refractivity contribution is 5.87. The fourth-order valence-electron chi connectivity index (χ4n) is 8.86. The number of likely N-dealkylation sites (tertiary alicyclic amines) is 2. The van der Waals surface area contributed by atoms with Gasteiger partial charge in [-0.2, -0.15) is 0 Å². The Kier molecular flexibility index (Phi) is 12.0. The van der Waals surface area contributed by atoms with Crippen LogP contribution >= 0.6 is 0 Å². The molecule has 312 valence electrons. The zero-order valence-corrected chi connectivity index (χ0v) is 34.4. The number of carbonyl (C=O) groups excluding carboxylic acids is 4. The molecule has 1 aliphatic carbocycles. The molecular weight excluding hydrogens is 756 g/mol. The molecule has 2 aliphatic heterocycles. The van der Waals surface area contributed by atoms with E-state index in [1.54, 1.807) is 20.0 Å². The molecule has 1 saturated carbocycles. The van der Waals surface area contributed by atoms with Crippen LogP contribution in [0.25, 0.3) is 22.3 Å². The van der Waals surface area contributed by atoms with E-state index in [4.69, 9.17) is 14.5 Å². The zero-order chi connectivity index (χ0) is 42.0. The number of aromatic nitrogens is 4. The van der Waals surface area contributed by atoms with Crippen molar-refractivity contribution in [3.05, 3.63) is 71.4 Å². The van der Waals surface area contributed by atoms with Gasteiger partial charge in [-0.1, -0.05) is 64.5 Å². The summed E-state index contributed by atoms with van der Waals surface area (Å²) in [7, 11) is 2.53. The number of halogens is 1. The number of rotatable bonds is 9. The van der Waals surface area contributed by atoms with E-state index in [-0.39, 0.29) is 48.1 Å². The van der Waals surface area contributed by atoms with Crippen molar-refractivity contribution in [1.82, 2.24) is 40.4 Å². The van der Waals surface area contributed by atoms with Gasteiger partial charge >= 0.3 is 12.2 Å². The summed E-state index contributed by atoms with van der Waals surface area (Å²) in [6.07, 6.45) is 4.41. The first kappa shape index (κ1) is 41.3. The Balaban J connectivity index is 1.05. The van der Waals surface area contributed by atoms with Crippen LogP contribution in [0, 0.1) is 29.1 Å². The molecule has 2 aromatic heterocycles. The smallest absolute Gasteiger partial charge is 0.407 e. The maximum Gasteiger partial charge on any atom is 0.407 e. The maximum atomic E-state index is 14.8. The van der Waals surface area contributed by atoms with Crippen molar-refractivity contribution in [3.8, 4) is 23.1 Å². The van der Waals surface area contributed by atoms with Crippen LogP contribution < -0.4 is 10.6 Å². The van der Waals surface area contributed by atoms with Gasteiger partial charge in [0, 0.05) is 24.1 Å². The minimum atomic E-state index is -1.23. The largest absolute Gasteiger partial charge is 0.453 e. The Morgan fingerprint density at radius 3 is 2.07 bits per heavy atom. The second-order valence-corrected chi connectivity index (χ2v) is 16.8. The lowest BCUT2D eigenvalue weighted by Crippen LogP contribution is -2.51. The van der Waals surface area contributed by atoms with Crippen molar-refractivity contribution in [3.63, 3.8) is 0 Å². The summed E-state index contributed by atoms with van der Waals surface area (Å²) >= 11 is 0. The van der Waals surface area contributed by atoms with Crippen molar-refractivity contribution in [2.24, 2.45) is 17.3 Å². The summed E-state index contributed by atoms with van der Waals surface area (Å²) in [5.41, 5.74) is 4.80. The van der Waals surface area contributed by atoms with E-state index in [1.807, 2.05) is 61.2 Å². The number of carbonyl (C=O) groups is 4. The van der Waals surface area contributed by atoms with Gasteiger partial charge in [-0.25, -0.2) is 23.9 Å². The standard InChI is InChI=1S/C44H53FN8O6/c1-25(2)36(50-42(56)58-5)40(54)52-23-30(45)20-34(52)38-46-22-33(49-38)29-14-11-27(12-15-29)9-10-28-13-16-31-32(19-28)48-39(47-31)35-21-44(17-7-8-18-44)24-53(35)41(55)37(26(3)4)51-43(57)59-6/h11-16,19,22,25-26,30,34-37H,7-8,17-18,20-21,23-24H2,1-6H3,(H,46,49)(H,47,48)(H,50,56)(H,51,57)/t30-,34+,35+,36+,37+/m1/s1. The van der Waals surface area contributed by atoms with Crippen LogP contribution in [0.1, 0.15) is 101 Å². The van der Waals surface area contributed by atoms with Crippen LogP contribution in [0.4, 0.5) is 14.0 Å². The summed E-state index contributed by atoms with van der Waals surface area (Å²) in [5.74, 6) is 6.81.